The molecule has 0 aromatic carbocycles. The predicted octanol–water partition coefficient (Wildman–Crippen LogP) is 7.83. The van der Waals surface area contributed by atoms with Gasteiger partial charge in [-0.1, -0.05) is 122 Å². The molecule has 0 aliphatic heterocycles. The Bertz CT molecular complexity index is 212. The first-order valence-corrected chi connectivity index (χ1v) is 13.1. The molecule has 0 aromatic rings. The van der Waals surface area contributed by atoms with Crippen LogP contribution in [0.3, 0.4) is 0 Å². The fourth-order valence-electron chi connectivity index (χ4n) is 3.13. The van der Waals surface area contributed by atoms with Crippen LogP contribution in [0.1, 0.15) is 110 Å². The number of unbranched alkanes of at least 4 members (excludes halogenated alkanes) is 15. The smallest absolute Gasteiger partial charge is 0.0576 e. The molecule has 132 valence electrons. The molecule has 0 radical (unpaired) electrons. The van der Waals surface area contributed by atoms with Gasteiger partial charge in [-0.15, -0.1) is 12.3 Å². The summed E-state index contributed by atoms with van der Waals surface area (Å²) in [6.45, 7) is 8.63. The third-order valence-corrected chi connectivity index (χ3v) is 7.04. The summed E-state index contributed by atoms with van der Waals surface area (Å²) in [6, 6.07) is 1.47. The molecular formula is C21H44Si. The molecule has 1 atom stereocenters. The monoisotopic (exact) mass is 324 g/mol. The fraction of sp³-hybridized carbons (Fsp3) is 0.905. The van der Waals surface area contributed by atoms with E-state index in [0.717, 1.165) is 0 Å². The molecule has 0 rings (SSSR count). The highest BCUT2D eigenvalue weighted by molar-refractivity contribution is 6.62. The Morgan fingerprint density at radius 1 is 0.591 bits per heavy atom. The Balaban J connectivity index is 2.98. The molecule has 0 saturated carbocycles. The summed E-state index contributed by atoms with van der Waals surface area (Å²) in [7, 11) is -0.510. The van der Waals surface area contributed by atoms with E-state index in [1.54, 1.807) is 0 Å². The van der Waals surface area contributed by atoms with Crippen LogP contribution in [0, 0.1) is 0 Å². The van der Waals surface area contributed by atoms with E-state index in [1.807, 2.05) is 0 Å². The minimum atomic E-state index is -0.510. The van der Waals surface area contributed by atoms with E-state index in [0.29, 0.717) is 0 Å². The molecule has 0 heterocycles. The zero-order valence-electron chi connectivity index (χ0n) is 15.9. The molecule has 0 amide bonds. The number of hydrogen-bond acceptors (Lipinski definition) is 0. The standard InChI is InChI=1S/C21H44Si/c1-4-6-7-8-9-10-11-12-13-14-15-16-17-18-19-20-21-22(3)5-2/h5,22H,2,4,6-21H2,1,3H3. The van der Waals surface area contributed by atoms with Crippen molar-refractivity contribution in [2.24, 2.45) is 0 Å². The van der Waals surface area contributed by atoms with E-state index in [4.69, 9.17) is 0 Å². The van der Waals surface area contributed by atoms with E-state index >= 15 is 0 Å². The lowest BCUT2D eigenvalue weighted by atomic mass is 10.0. The van der Waals surface area contributed by atoms with Crippen LogP contribution in [0.2, 0.25) is 12.6 Å². The van der Waals surface area contributed by atoms with E-state index in [-0.39, 0.29) is 0 Å². The zero-order chi connectivity index (χ0) is 16.3. The fourth-order valence-corrected chi connectivity index (χ4v) is 4.30. The second kappa shape index (κ2) is 19.0. The Morgan fingerprint density at radius 2 is 0.909 bits per heavy atom. The molecule has 1 unspecified atom stereocenters. The van der Waals surface area contributed by atoms with Gasteiger partial charge in [-0.25, -0.2) is 0 Å². The summed E-state index contributed by atoms with van der Waals surface area (Å²) in [4.78, 5) is 0. The van der Waals surface area contributed by atoms with Gasteiger partial charge in [0.1, 0.15) is 0 Å². The minimum absolute atomic E-state index is 0.510. The van der Waals surface area contributed by atoms with Crippen molar-refractivity contribution in [3.8, 4) is 0 Å². The lowest BCUT2D eigenvalue weighted by Crippen LogP contribution is -2.00. The summed E-state index contributed by atoms with van der Waals surface area (Å²) in [5.41, 5.74) is 2.23. The van der Waals surface area contributed by atoms with Gasteiger partial charge >= 0.3 is 0 Å². The van der Waals surface area contributed by atoms with Crippen LogP contribution in [0.25, 0.3) is 0 Å². The van der Waals surface area contributed by atoms with Crippen LogP contribution in [0.15, 0.2) is 12.3 Å². The summed E-state index contributed by atoms with van der Waals surface area (Å²) in [6.07, 6.45) is 23.5. The van der Waals surface area contributed by atoms with Crippen molar-refractivity contribution in [1.82, 2.24) is 0 Å². The minimum Gasteiger partial charge on any atom is -0.107 e. The lowest BCUT2D eigenvalue weighted by Gasteiger charge is -2.05. The van der Waals surface area contributed by atoms with Crippen molar-refractivity contribution in [3.63, 3.8) is 0 Å². The van der Waals surface area contributed by atoms with Gasteiger partial charge in [0, 0.05) is 0 Å². The predicted molar refractivity (Wildman–Crippen MR) is 108 cm³/mol. The van der Waals surface area contributed by atoms with Crippen molar-refractivity contribution in [2.75, 3.05) is 0 Å². The SMILES string of the molecule is C=C[SiH](C)CCCCCCCCCCCCCCCCCC. The van der Waals surface area contributed by atoms with Crippen LogP contribution in [0.4, 0.5) is 0 Å². The third kappa shape index (κ3) is 18.0. The quantitative estimate of drug-likeness (QED) is 0.178. The second-order valence-electron chi connectivity index (χ2n) is 7.30. The van der Waals surface area contributed by atoms with Crippen LogP contribution >= 0.6 is 0 Å². The molecule has 0 bridgehead atoms. The second-order valence-corrected chi connectivity index (χ2v) is 10.3. The Kier molecular flexibility index (Phi) is 19.0. The topological polar surface area (TPSA) is 0 Å². The summed E-state index contributed by atoms with van der Waals surface area (Å²) in [5.74, 6) is 0. The van der Waals surface area contributed by atoms with Crippen LogP contribution < -0.4 is 0 Å². The third-order valence-electron chi connectivity index (χ3n) is 4.92. The number of hydrogen-bond donors (Lipinski definition) is 0. The van der Waals surface area contributed by atoms with Crippen molar-refractivity contribution >= 4 is 8.80 Å². The van der Waals surface area contributed by atoms with Gasteiger partial charge in [0.2, 0.25) is 0 Å². The lowest BCUT2D eigenvalue weighted by molar-refractivity contribution is 0.531. The maximum atomic E-state index is 3.91. The normalized spacial score (nSPS) is 12.5. The molecule has 0 saturated heterocycles. The first-order valence-electron chi connectivity index (χ1n) is 10.4. The van der Waals surface area contributed by atoms with Gasteiger partial charge in [0.25, 0.3) is 0 Å². The van der Waals surface area contributed by atoms with Crippen LogP contribution in [0.5, 0.6) is 0 Å². The maximum Gasteiger partial charge on any atom is 0.0576 e. The van der Waals surface area contributed by atoms with Crippen LogP contribution in [-0.4, -0.2) is 8.80 Å². The van der Waals surface area contributed by atoms with E-state index in [9.17, 15) is 0 Å². The Morgan fingerprint density at radius 3 is 1.23 bits per heavy atom. The average Bonchev–Trinajstić information content (AvgIpc) is 2.54. The van der Waals surface area contributed by atoms with Crippen molar-refractivity contribution in [1.29, 1.82) is 0 Å². The van der Waals surface area contributed by atoms with Gasteiger partial charge in [-0.3, -0.25) is 0 Å². The summed E-state index contributed by atoms with van der Waals surface area (Å²) in [5, 5.41) is 0. The zero-order valence-corrected chi connectivity index (χ0v) is 17.0. The molecule has 22 heavy (non-hydrogen) atoms. The average molecular weight is 325 g/mol. The van der Waals surface area contributed by atoms with Crippen molar-refractivity contribution in [3.05, 3.63) is 12.3 Å². The highest BCUT2D eigenvalue weighted by Gasteiger charge is 1.98. The molecule has 1 heteroatoms. The molecule has 0 aliphatic carbocycles. The highest BCUT2D eigenvalue weighted by atomic mass is 28.3. The summed E-state index contributed by atoms with van der Waals surface area (Å²) >= 11 is 0. The maximum absolute atomic E-state index is 3.91. The molecular weight excluding hydrogens is 280 g/mol. The largest absolute Gasteiger partial charge is 0.107 e. The summed E-state index contributed by atoms with van der Waals surface area (Å²) < 4.78 is 0. The van der Waals surface area contributed by atoms with Gasteiger partial charge < -0.3 is 0 Å². The molecule has 0 N–H and O–H groups in total. The van der Waals surface area contributed by atoms with E-state index in [2.05, 4.69) is 25.7 Å². The van der Waals surface area contributed by atoms with Crippen molar-refractivity contribution in [2.45, 2.75) is 122 Å². The van der Waals surface area contributed by atoms with Gasteiger partial charge in [0.05, 0.1) is 8.80 Å². The molecule has 0 spiro atoms. The van der Waals surface area contributed by atoms with Crippen LogP contribution in [-0.2, 0) is 0 Å². The van der Waals surface area contributed by atoms with Crippen molar-refractivity contribution < 1.29 is 0 Å². The Labute approximate surface area is 143 Å². The molecule has 0 aliphatic rings. The molecule has 0 nitrogen and oxygen atoms in total. The van der Waals surface area contributed by atoms with Gasteiger partial charge in [0.15, 0.2) is 0 Å². The van der Waals surface area contributed by atoms with E-state index in [1.165, 1.54) is 109 Å². The molecule has 0 aromatic heterocycles. The molecule has 0 fully saturated rings. The number of rotatable bonds is 18. The first-order chi connectivity index (χ1) is 10.8. The first kappa shape index (κ1) is 22.0. The van der Waals surface area contributed by atoms with Gasteiger partial charge in [-0.2, -0.15) is 0 Å². The highest BCUT2D eigenvalue weighted by Crippen LogP contribution is 2.14. The van der Waals surface area contributed by atoms with Gasteiger partial charge in [-0.05, 0) is 0 Å². The van der Waals surface area contributed by atoms with E-state index < -0.39 is 8.80 Å². The Hall–Kier alpha value is -0.0431.